The van der Waals surface area contributed by atoms with E-state index >= 15 is 0 Å². The summed E-state index contributed by atoms with van der Waals surface area (Å²) in [5.41, 5.74) is 1.70. The molecule has 2 aromatic heterocycles. The highest BCUT2D eigenvalue weighted by molar-refractivity contribution is 7.11. The van der Waals surface area contributed by atoms with Crippen LogP contribution in [-0.4, -0.2) is 25.7 Å². The number of nitrogens with zero attached hydrogens (tertiary/aromatic N) is 3. The van der Waals surface area contributed by atoms with Crippen LogP contribution in [0.2, 0.25) is 0 Å². The van der Waals surface area contributed by atoms with Gasteiger partial charge in [-0.15, -0.1) is 10.2 Å². The molecule has 1 amide bonds. The van der Waals surface area contributed by atoms with Gasteiger partial charge in [0.2, 0.25) is 0 Å². The lowest BCUT2D eigenvalue weighted by atomic mass is 10.2. The van der Waals surface area contributed by atoms with Gasteiger partial charge in [-0.3, -0.25) is 9.36 Å². The predicted octanol–water partition coefficient (Wildman–Crippen LogP) is 1.21. The molecule has 22 heavy (non-hydrogen) atoms. The minimum Gasteiger partial charge on any atom is -0.345 e. The van der Waals surface area contributed by atoms with E-state index in [-0.39, 0.29) is 11.6 Å². The Bertz CT molecular complexity index is 892. The third-order valence-corrected chi connectivity index (χ3v) is 4.45. The summed E-state index contributed by atoms with van der Waals surface area (Å²) in [5, 5.41) is 12.6. The number of amides is 1. The van der Waals surface area contributed by atoms with Crippen molar-refractivity contribution in [2.75, 3.05) is 0 Å². The Morgan fingerprint density at radius 3 is 2.86 bits per heavy atom. The average molecular weight is 317 g/mol. The van der Waals surface area contributed by atoms with E-state index in [0.29, 0.717) is 17.6 Å². The van der Waals surface area contributed by atoms with Crippen LogP contribution in [0.15, 0.2) is 23.0 Å². The summed E-state index contributed by atoms with van der Waals surface area (Å²) in [6, 6.07) is 5.12. The standard InChI is InChI=1S/C14H15N5O2S/c1-3-11-17-18-12(22-11)7-15-13(20)8-4-5-10-9(6-8)16-14(21)19(10)2/h4-6H,3,7H2,1-2H3,(H,15,20)(H,16,21). The highest BCUT2D eigenvalue weighted by atomic mass is 32.1. The van der Waals surface area contributed by atoms with Gasteiger partial charge in [0.15, 0.2) is 0 Å². The van der Waals surface area contributed by atoms with Gasteiger partial charge in [0.05, 0.1) is 17.6 Å². The molecule has 0 saturated carbocycles. The van der Waals surface area contributed by atoms with Crippen LogP contribution in [0.4, 0.5) is 0 Å². The number of imidazole rings is 1. The number of benzene rings is 1. The first-order valence-corrected chi connectivity index (χ1v) is 7.68. The van der Waals surface area contributed by atoms with Crippen molar-refractivity contribution in [2.45, 2.75) is 19.9 Å². The van der Waals surface area contributed by atoms with Crippen LogP contribution in [0.3, 0.4) is 0 Å². The van der Waals surface area contributed by atoms with E-state index in [4.69, 9.17) is 0 Å². The predicted molar refractivity (Wildman–Crippen MR) is 84.0 cm³/mol. The molecule has 0 fully saturated rings. The van der Waals surface area contributed by atoms with E-state index in [9.17, 15) is 9.59 Å². The van der Waals surface area contributed by atoms with Crippen molar-refractivity contribution >= 4 is 28.3 Å². The van der Waals surface area contributed by atoms with Crippen molar-refractivity contribution in [3.05, 3.63) is 44.3 Å². The second kappa shape index (κ2) is 5.72. The van der Waals surface area contributed by atoms with Crippen molar-refractivity contribution in [2.24, 2.45) is 7.05 Å². The molecule has 0 aliphatic heterocycles. The van der Waals surface area contributed by atoms with Crippen LogP contribution < -0.4 is 11.0 Å². The molecule has 114 valence electrons. The van der Waals surface area contributed by atoms with Crippen molar-refractivity contribution in [1.82, 2.24) is 25.1 Å². The summed E-state index contributed by atoms with van der Waals surface area (Å²) in [6.45, 7) is 2.36. The van der Waals surface area contributed by atoms with Gasteiger partial charge in [-0.1, -0.05) is 18.3 Å². The van der Waals surface area contributed by atoms with Gasteiger partial charge in [0.25, 0.3) is 5.91 Å². The number of fused-ring (bicyclic) bond motifs is 1. The molecule has 8 heteroatoms. The summed E-state index contributed by atoms with van der Waals surface area (Å²) in [6.07, 6.45) is 0.837. The lowest BCUT2D eigenvalue weighted by Crippen LogP contribution is -2.22. The van der Waals surface area contributed by atoms with Gasteiger partial charge in [-0.05, 0) is 24.6 Å². The Hall–Kier alpha value is -2.48. The second-order valence-corrected chi connectivity index (χ2v) is 5.99. The number of hydrogen-bond donors (Lipinski definition) is 2. The van der Waals surface area contributed by atoms with E-state index in [1.54, 1.807) is 25.2 Å². The fourth-order valence-electron chi connectivity index (χ4n) is 2.14. The molecule has 0 spiro atoms. The van der Waals surface area contributed by atoms with Gasteiger partial charge >= 0.3 is 5.69 Å². The summed E-state index contributed by atoms with van der Waals surface area (Å²) in [4.78, 5) is 26.4. The molecule has 0 unspecified atom stereocenters. The minimum absolute atomic E-state index is 0.200. The number of aromatic amines is 1. The number of nitrogens with one attached hydrogen (secondary N) is 2. The molecule has 0 bridgehead atoms. The number of H-pyrrole nitrogens is 1. The third-order valence-electron chi connectivity index (χ3n) is 3.38. The molecule has 0 radical (unpaired) electrons. The Morgan fingerprint density at radius 2 is 2.14 bits per heavy atom. The molecule has 0 atom stereocenters. The van der Waals surface area contributed by atoms with Gasteiger partial charge in [-0.2, -0.15) is 0 Å². The van der Waals surface area contributed by atoms with Gasteiger partial charge in [-0.25, -0.2) is 4.79 Å². The molecule has 0 aliphatic rings. The van der Waals surface area contributed by atoms with Crippen LogP contribution in [0.5, 0.6) is 0 Å². The molecule has 7 nitrogen and oxygen atoms in total. The molecular weight excluding hydrogens is 302 g/mol. The van der Waals surface area contributed by atoms with Crippen LogP contribution in [-0.2, 0) is 20.0 Å². The molecule has 3 aromatic rings. The zero-order valence-electron chi connectivity index (χ0n) is 12.2. The summed E-state index contributed by atoms with van der Waals surface area (Å²) < 4.78 is 1.50. The maximum absolute atomic E-state index is 12.2. The molecule has 2 N–H and O–H groups in total. The first kappa shape index (κ1) is 14.5. The molecule has 0 saturated heterocycles. The monoisotopic (exact) mass is 317 g/mol. The molecule has 3 rings (SSSR count). The van der Waals surface area contributed by atoms with Crippen LogP contribution in [0, 0.1) is 0 Å². The zero-order chi connectivity index (χ0) is 15.7. The minimum atomic E-state index is -0.208. The van der Waals surface area contributed by atoms with E-state index in [0.717, 1.165) is 22.0 Å². The fourth-order valence-corrected chi connectivity index (χ4v) is 2.86. The van der Waals surface area contributed by atoms with Crippen molar-refractivity contribution in [3.8, 4) is 0 Å². The highest BCUT2D eigenvalue weighted by Crippen LogP contribution is 2.13. The Balaban J connectivity index is 1.75. The highest BCUT2D eigenvalue weighted by Gasteiger charge is 2.10. The molecule has 2 heterocycles. The van der Waals surface area contributed by atoms with Crippen LogP contribution >= 0.6 is 11.3 Å². The smallest absolute Gasteiger partial charge is 0.326 e. The first-order valence-electron chi connectivity index (χ1n) is 6.86. The largest absolute Gasteiger partial charge is 0.345 e. The summed E-state index contributed by atoms with van der Waals surface area (Å²) in [5.74, 6) is -0.208. The lowest BCUT2D eigenvalue weighted by molar-refractivity contribution is 0.0951. The zero-order valence-corrected chi connectivity index (χ0v) is 13.0. The topological polar surface area (TPSA) is 92.7 Å². The van der Waals surface area contributed by atoms with Gasteiger partial charge < -0.3 is 10.3 Å². The number of hydrogen-bond acceptors (Lipinski definition) is 5. The van der Waals surface area contributed by atoms with Gasteiger partial charge in [0, 0.05) is 12.6 Å². The van der Waals surface area contributed by atoms with Crippen molar-refractivity contribution in [1.29, 1.82) is 0 Å². The van der Waals surface area contributed by atoms with Gasteiger partial charge in [0.1, 0.15) is 10.0 Å². The third kappa shape index (κ3) is 2.64. The lowest BCUT2D eigenvalue weighted by Gasteiger charge is -2.03. The Kier molecular flexibility index (Phi) is 3.76. The van der Waals surface area contributed by atoms with E-state index < -0.39 is 0 Å². The Labute approximate surface area is 130 Å². The number of aromatic nitrogens is 4. The maximum atomic E-state index is 12.2. The summed E-state index contributed by atoms with van der Waals surface area (Å²) >= 11 is 1.49. The Morgan fingerprint density at radius 1 is 1.36 bits per heavy atom. The molecule has 1 aromatic carbocycles. The van der Waals surface area contributed by atoms with Crippen molar-refractivity contribution in [3.63, 3.8) is 0 Å². The van der Waals surface area contributed by atoms with Crippen LogP contribution in [0.1, 0.15) is 27.3 Å². The van der Waals surface area contributed by atoms with Crippen LogP contribution in [0.25, 0.3) is 11.0 Å². The molecule has 0 aliphatic carbocycles. The van der Waals surface area contributed by atoms with E-state index in [2.05, 4.69) is 20.5 Å². The second-order valence-electron chi connectivity index (χ2n) is 4.85. The quantitative estimate of drug-likeness (QED) is 0.756. The first-order chi connectivity index (χ1) is 10.6. The number of aryl methyl sites for hydroxylation is 2. The number of rotatable bonds is 4. The normalized spacial score (nSPS) is 11.0. The van der Waals surface area contributed by atoms with E-state index in [1.807, 2.05) is 6.92 Å². The maximum Gasteiger partial charge on any atom is 0.326 e. The number of carbonyl (C=O) groups is 1. The average Bonchev–Trinajstić information content (AvgIpc) is 3.10. The summed E-state index contributed by atoms with van der Waals surface area (Å²) in [7, 11) is 1.68. The number of carbonyl (C=O) groups excluding carboxylic acids is 1. The SMILES string of the molecule is CCc1nnc(CNC(=O)c2ccc3c(c2)[nH]c(=O)n3C)s1. The van der Waals surface area contributed by atoms with E-state index in [1.165, 1.54) is 15.9 Å². The van der Waals surface area contributed by atoms with Crippen molar-refractivity contribution < 1.29 is 4.79 Å². The fraction of sp³-hybridized carbons (Fsp3) is 0.286. The molecular formula is C14H15N5O2S.